The highest BCUT2D eigenvalue weighted by Gasteiger charge is 2.31. The van der Waals surface area contributed by atoms with Crippen LogP contribution in [-0.2, 0) is 32.6 Å². The van der Waals surface area contributed by atoms with E-state index >= 15 is 0 Å². The fourth-order valence-electron chi connectivity index (χ4n) is 4.59. The summed E-state index contributed by atoms with van der Waals surface area (Å²) in [5, 5.41) is 2.99. The van der Waals surface area contributed by atoms with Crippen LogP contribution in [0.3, 0.4) is 0 Å². The molecule has 0 spiro atoms. The molecule has 9 heteroatoms. The zero-order valence-corrected chi connectivity index (χ0v) is 25.9. The van der Waals surface area contributed by atoms with Crippen LogP contribution in [0.1, 0.15) is 43.4 Å². The van der Waals surface area contributed by atoms with Crippen molar-refractivity contribution in [1.29, 1.82) is 0 Å². The number of amides is 2. The smallest absolute Gasteiger partial charge is 0.243 e. The molecule has 0 unspecified atom stereocenters. The van der Waals surface area contributed by atoms with Crippen molar-refractivity contribution >= 4 is 43.5 Å². The molecule has 1 N–H and O–H groups in total. The number of carbonyl (C=O) groups is 2. The zero-order valence-electron chi connectivity index (χ0n) is 23.5. The van der Waals surface area contributed by atoms with Gasteiger partial charge in [-0.1, -0.05) is 76.6 Å². The van der Waals surface area contributed by atoms with Crippen LogP contribution in [0.25, 0.3) is 0 Å². The SMILES string of the molecule is Cc1ccccc1N(CCCC(=O)N(Cc1cccc(Br)c1)[C@@H](Cc1ccccc1)C(=O)NC(C)C)S(C)(=O)=O. The number of hydrogen-bond acceptors (Lipinski definition) is 4. The second-order valence-corrected chi connectivity index (χ2v) is 13.1. The molecule has 0 fully saturated rings. The normalized spacial score (nSPS) is 12.2. The van der Waals surface area contributed by atoms with Crippen molar-refractivity contribution in [3.05, 3.63) is 100 Å². The monoisotopic (exact) mass is 627 g/mol. The van der Waals surface area contributed by atoms with E-state index in [-0.39, 0.29) is 37.4 Å². The summed E-state index contributed by atoms with van der Waals surface area (Å²) in [5.74, 6) is -0.432. The van der Waals surface area contributed by atoms with Crippen LogP contribution in [0.5, 0.6) is 0 Å². The molecule has 3 rings (SSSR count). The predicted molar refractivity (Wildman–Crippen MR) is 165 cm³/mol. The lowest BCUT2D eigenvalue weighted by atomic mass is 10.0. The van der Waals surface area contributed by atoms with E-state index in [2.05, 4.69) is 21.2 Å². The van der Waals surface area contributed by atoms with Crippen LogP contribution >= 0.6 is 15.9 Å². The Morgan fingerprint density at radius 3 is 2.20 bits per heavy atom. The Morgan fingerprint density at radius 1 is 0.925 bits per heavy atom. The first-order valence-electron chi connectivity index (χ1n) is 13.4. The number of anilines is 1. The molecule has 3 aromatic rings. The maximum atomic E-state index is 13.9. The quantitative estimate of drug-likeness (QED) is 0.272. The molecule has 0 aliphatic carbocycles. The molecule has 0 aliphatic rings. The minimum Gasteiger partial charge on any atom is -0.352 e. The molecule has 3 aromatic carbocycles. The predicted octanol–water partition coefficient (Wildman–Crippen LogP) is 5.47. The summed E-state index contributed by atoms with van der Waals surface area (Å²) < 4.78 is 27.5. The summed E-state index contributed by atoms with van der Waals surface area (Å²) in [7, 11) is -3.56. The third-order valence-electron chi connectivity index (χ3n) is 6.48. The van der Waals surface area contributed by atoms with Gasteiger partial charge in [0.25, 0.3) is 0 Å². The van der Waals surface area contributed by atoms with Gasteiger partial charge in [0.1, 0.15) is 6.04 Å². The van der Waals surface area contributed by atoms with Gasteiger partial charge in [0.15, 0.2) is 0 Å². The molecule has 2 amide bonds. The number of carbonyl (C=O) groups excluding carboxylic acids is 2. The van der Waals surface area contributed by atoms with Gasteiger partial charge < -0.3 is 10.2 Å². The summed E-state index contributed by atoms with van der Waals surface area (Å²) >= 11 is 3.50. The lowest BCUT2D eigenvalue weighted by Crippen LogP contribution is -2.51. The number of sulfonamides is 1. The van der Waals surface area contributed by atoms with Gasteiger partial charge in [-0.25, -0.2) is 8.42 Å². The Hall–Kier alpha value is -3.17. The van der Waals surface area contributed by atoms with Crippen molar-refractivity contribution in [3.8, 4) is 0 Å². The minimum absolute atomic E-state index is 0.0894. The molecule has 214 valence electrons. The largest absolute Gasteiger partial charge is 0.352 e. The van der Waals surface area contributed by atoms with Gasteiger partial charge in [-0.05, 0) is 62.1 Å². The molecule has 0 saturated carbocycles. The van der Waals surface area contributed by atoms with Crippen LogP contribution < -0.4 is 9.62 Å². The van der Waals surface area contributed by atoms with Crippen molar-refractivity contribution < 1.29 is 18.0 Å². The molecule has 0 saturated heterocycles. The maximum Gasteiger partial charge on any atom is 0.243 e. The van der Waals surface area contributed by atoms with Gasteiger partial charge in [-0.3, -0.25) is 13.9 Å². The molecule has 0 bridgehead atoms. The Bertz CT molecular complexity index is 1400. The van der Waals surface area contributed by atoms with Crippen LogP contribution in [0.4, 0.5) is 5.69 Å². The van der Waals surface area contributed by atoms with Crippen LogP contribution in [0.15, 0.2) is 83.3 Å². The van der Waals surface area contributed by atoms with Gasteiger partial charge in [0.2, 0.25) is 21.8 Å². The highest BCUT2D eigenvalue weighted by Crippen LogP contribution is 2.23. The van der Waals surface area contributed by atoms with Crippen molar-refractivity contribution in [2.45, 2.75) is 58.7 Å². The van der Waals surface area contributed by atoms with E-state index in [9.17, 15) is 18.0 Å². The summed E-state index contributed by atoms with van der Waals surface area (Å²) in [6.07, 6.45) is 1.93. The van der Waals surface area contributed by atoms with Crippen molar-refractivity contribution in [1.82, 2.24) is 10.2 Å². The van der Waals surface area contributed by atoms with E-state index < -0.39 is 16.1 Å². The first-order valence-corrected chi connectivity index (χ1v) is 16.0. The Labute approximate surface area is 246 Å². The molecule has 0 heterocycles. The number of halogens is 1. The average molecular weight is 629 g/mol. The van der Waals surface area contributed by atoms with Gasteiger partial charge >= 0.3 is 0 Å². The molecule has 0 aliphatic heterocycles. The number of nitrogens with one attached hydrogen (secondary N) is 1. The van der Waals surface area contributed by atoms with Gasteiger partial charge in [-0.2, -0.15) is 0 Å². The number of benzene rings is 3. The topological polar surface area (TPSA) is 86.8 Å². The summed E-state index contributed by atoms with van der Waals surface area (Å²) in [6.45, 7) is 6.04. The van der Waals surface area contributed by atoms with Crippen molar-refractivity contribution in [2.24, 2.45) is 0 Å². The lowest BCUT2D eigenvalue weighted by Gasteiger charge is -2.32. The number of para-hydroxylation sites is 1. The average Bonchev–Trinajstić information content (AvgIpc) is 2.88. The molecular formula is C31H38BrN3O4S. The summed E-state index contributed by atoms with van der Waals surface area (Å²) in [4.78, 5) is 29.0. The van der Waals surface area contributed by atoms with Crippen LogP contribution in [0.2, 0.25) is 0 Å². The first-order chi connectivity index (χ1) is 19.0. The molecule has 1 atom stereocenters. The lowest BCUT2D eigenvalue weighted by molar-refractivity contribution is -0.141. The number of rotatable bonds is 13. The third kappa shape index (κ3) is 9.20. The second-order valence-electron chi connectivity index (χ2n) is 10.2. The molecule has 0 radical (unpaired) electrons. The van der Waals surface area contributed by atoms with E-state index in [0.717, 1.165) is 21.2 Å². The number of hydrogen-bond donors (Lipinski definition) is 1. The summed E-state index contributed by atoms with van der Waals surface area (Å²) in [5.41, 5.74) is 3.27. The van der Waals surface area contributed by atoms with E-state index in [4.69, 9.17) is 0 Å². The van der Waals surface area contributed by atoms with Gasteiger partial charge in [0.05, 0.1) is 11.9 Å². The maximum absolute atomic E-state index is 13.9. The van der Waals surface area contributed by atoms with Crippen molar-refractivity contribution in [3.63, 3.8) is 0 Å². The standard InChI is InChI=1S/C31H38BrN3O4S/c1-23(2)33-31(37)29(21-25-13-6-5-7-14-25)34(22-26-15-10-16-27(32)20-26)30(36)18-11-19-35(40(4,38)39)28-17-9-8-12-24(28)3/h5-10,12-17,20,23,29H,11,18-19,21-22H2,1-4H3,(H,33,37)/t29-/m0/s1. The first kappa shape index (κ1) is 31.4. The summed E-state index contributed by atoms with van der Waals surface area (Å²) in [6, 6.07) is 23.8. The zero-order chi connectivity index (χ0) is 29.3. The Balaban J connectivity index is 1.89. The van der Waals surface area contributed by atoms with Gasteiger partial charge in [-0.15, -0.1) is 0 Å². The van der Waals surface area contributed by atoms with Gasteiger partial charge in [0, 0.05) is 36.4 Å². The third-order valence-corrected chi connectivity index (χ3v) is 8.15. The van der Waals surface area contributed by atoms with Crippen LogP contribution in [-0.4, -0.2) is 50.0 Å². The second kappa shape index (κ2) is 14.5. The van der Waals surface area contributed by atoms with E-state index in [1.54, 1.807) is 17.0 Å². The number of aryl methyl sites for hydroxylation is 1. The minimum atomic E-state index is -3.56. The molecule has 0 aromatic heterocycles. The molecule has 7 nitrogen and oxygen atoms in total. The Kier molecular flexibility index (Phi) is 11.3. The fraction of sp³-hybridized carbons (Fsp3) is 0.355. The fourth-order valence-corrected chi connectivity index (χ4v) is 6.06. The number of nitrogens with zero attached hydrogens (tertiary/aromatic N) is 2. The highest BCUT2D eigenvalue weighted by atomic mass is 79.9. The van der Waals surface area contributed by atoms with Crippen LogP contribution in [0, 0.1) is 6.92 Å². The highest BCUT2D eigenvalue weighted by molar-refractivity contribution is 9.10. The molecular weight excluding hydrogens is 590 g/mol. The molecule has 40 heavy (non-hydrogen) atoms. The van der Waals surface area contributed by atoms with E-state index in [0.29, 0.717) is 18.5 Å². The van der Waals surface area contributed by atoms with E-state index in [1.165, 1.54) is 10.6 Å². The van der Waals surface area contributed by atoms with E-state index in [1.807, 2.05) is 87.5 Å². The Morgan fingerprint density at radius 2 is 1.57 bits per heavy atom. The van der Waals surface area contributed by atoms with Crippen molar-refractivity contribution in [2.75, 3.05) is 17.1 Å².